The Hall–Kier alpha value is -1.39. The molecule has 2 aliphatic rings. The Morgan fingerprint density at radius 1 is 1.16 bits per heavy atom. The van der Waals surface area contributed by atoms with Gasteiger partial charge >= 0.3 is 0 Å². The van der Waals surface area contributed by atoms with Crippen LogP contribution in [0.5, 0.6) is 0 Å². The molecule has 0 unspecified atom stereocenters. The zero-order valence-electron chi connectivity index (χ0n) is 15.7. The summed E-state index contributed by atoms with van der Waals surface area (Å²) in [5.41, 5.74) is 3.56. The van der Waals surface area contributed by atoms with E-state index in [1.54, 1.807) is 0 Å². The van der Waals surface area contributed by atoms with Gasteiger partial charge in [-0.25, -0.2) is 0 Å². The molecule has 1 aromatic carbocycles. The second-order valence-corrected chi connectivity index (χ2v) is 7.73. The monoisotopic (exact) mass is 344 g/mol. The molecule has 2 fully saturated rings. The van der Waals surface area contributed by atoms with Crippen molar-refractivity contribution in [3.05, 3.63) is 34.9 Å². The largest absolute Gasteiger partial charge is 0.381 e. The number of nitrogens with one attached hydrogen (secondary N) is 1. The van der Waals surface area contributed by atoms with E-state index >= 15 is 0 Å². The van der Waals surface area contributed by atoms with Crippen molar-refractivity contribution in [3.63, 3.8) is 0 Å². The topological polar surface area (TPSA) is 41.6 Å². The quantitative estimate of drug-likeness (QED) is 0.893. The molecule has 0 spiro atoms. The van der Waals surface area contributed by atoms with Gasteiger partial charge in [-0.05, 0) is 69.7 Å². The van der Waals surface area contributed by atoms with Crippen molar-refractivity contribution in [2.45, 2.75) is 52.0 Å². The molecule has 2 saturated heterocycles. The lowest BCUT2D eigenvalue weighted by atomic mass is 9.94. The number of hydrogen-bond acceptors (Lipinski definition) is 3. The normalized spacial score (nSPS) is 20.6. The number of benzene rings is 1. The van der Waals surface area contributed by atoms with E-state index in [1.807, 2.05) is 0 Å². The molecule has 2 aliphatic heterocycles. The fourth-order valence-corrected chi connectivity index (χ4v) is 4.06. The number of carbonyl (C=O) groups excluding carboxylic acids is 1. The van der Waals surface area contributed by atoms with E-state index in [1.165, 1.54) is 49.9 Å². The van der Waals surface area contributed by atoms with Gasteiger partial charge in [-0.2, -0.15) is 0 Å². The summed E-state index contributed by atoms with van der Waals surface area (Å²) in [6, 6.07) is 7.04. The van der Waals surface area contributed by atoms with Crippen molar-refractivity contribution < 1.29 is 9.53 Å². The highest BCUT2D eigenvalue weighted by molar-refractivity contribution is 5.79. The Labute approximate surface area is 151 Å². The molecule has 4 nitrogen and oxygen atoms in total. The first-order chi connectivity index (χ1) is 12.1. The van der Waals surface area contributed by atoms with Gasteiger partial charge in [0.2, 0.25) is 5.91 Å². The minimum Gasteiger partial charge on any atom is -0.381 e. The molecule has 138 valence electrons. The maximum atomic E-state index is 12.3. The smallest absolute Gasteiger partial charge is 0.224 e. The number of piperidine rings is 1. The summed E-state index contributed by atoms with van der Waals surface area (Å²) in [5, 5.41) is 3.16. The van der Waals surface area contributed by atoms with E-state index in [0.29, 0.717) is 18.4 Å². The van der Waals surface area contributed by atoms with Crippen molar-refractivity contribution >= 4 is 5.91 Å². The lowest BCUT2D eigenvalue weighted by Gasteiger charge is -2.39. The maximum absolute atomic E-state index is 12.3. The second kappa shape index (κ2) is 8.81. The highest BCUT2D eigenvalue weighted by Gasteiger charge is 2.26. The average molecular weight is 344 g/mol. The van der Waals surface area contributed by atoms with Crippen LogP contribution in [0.15, 0.2) is 18.2 Å². The lowest BCUT2D eigenvalue weighted by molar-refractivity contribution is -0.120. The minimum atomic E-state index is 0.153. The zero-order chi connectivity index (χ0) is 17.6. The Morgan fingerprint density at radius 2 is 1.88 bits per heavy atom. The number of hydrogen-bond donors (Lipinski definition) is 1. The lowest BCUT2D eigenvalue weighted by Crippen LogP contribution is -2.45. The third-order valence-electron chi connectivity index (χ3n) is 5.80. The van der Waals surface area contributed by atoms with Crippen LogP contribution in [0, 0.1) is 19.8 Å². The van der Waals surface area contributed by atoms with Crippen molar-refractivity contribution in [1.29, 1.82) is 0 Å². The molecule has 0 bridgehead atoms. The van der Waals surface area contributed by atoms with Gasteiger partial charge in [0.1, 0.15) is 0 Å². The molecule has 25 heavy (non-hydrogen) atoms. The number of nitrogens with zero attached hydrogens (tertiary/aromatic N) is 1. The summed E-state index contributed by atoms with van der Waals surface area (Å²) in [4.78, 5) is 14.9. The van der Waals surface area contributed by atoms with Crippen LogP contribution < -0.4 is 5.32 Å². The molecule has 3 rings (SSSR count). The van der Waals surface area contributed by atoms with E-state index in [0.717, 1.165) is 25.3 Å². The first-order valence-corrected chi connectivity index (χ1v) is 9.76. The zero-order valence-corrected chi connectivity index (χ0v) is 15.7. The maximum Gasteiger partial charge on any atom is 0.224 e. The van der Waals surface area contributed by atoms with Crippen LogP contribution in [0.2, 0.25) is 0 Å². The molecule has 4 heteroatoms. The summed E-state index contributed by atoms with van der Waals surface area (Å²) >= 11 is 0. The van der Waals surface area contributed by atoms with E-state index < -0.39 is 0 Å². The molecule has 0 aliphatic carbocycles. The molecule has 0 atom stereocenters. The number of amides is 1. The van der Waals surface area contributed by atoms with Gasteiger partial charge in [0.15, 0.2) is 0 Å². The van der Waals surface area contributed by atoms with Gasteiger partial charge in [-0.1, -0.05) is 23.8 Å². The second-order valence-electron chi connectivity index (χ2n) is 7.73. The molecule has 1 aromatic rings. The number of rotatable bonds is 5. The summed E-state index contributed by atoms with van der Waals surface area (Å²) in [6.45, 7) is 9.15. The Balaban J connectivity index is 1.39. The van der Waals surface area contributed by atoms with Crippen LogP contribution in [0.1, 0.15) is 42.4 Å². The molecule has 1 amide bonds. The van der Waals surface area contributed by atoms with Crippen molar-refractivity contribution in [1.82, 2.24) is 10.2 Å². The molecule has 2 heterocycles. The van der Waals surface area contributed by atoms with Gasteiger partial charge < -0.3 is 15.0 Å². The van der Waals surface area contributed by atoms with Crippen LogP contribution in [-0.2, 0) is 16.0 Å². The van der Waals surface area contributed by atoms with Gasteiger partial charge in [-0.3, -0.25) is 4.79 Å². The Morgan fingerprint density at radius 3 is 2.60 bits per heavy atom. The average Bonchev–Trinajstić information content (AvgIpc) is 2.64. The van der Waals surface area contributed by atoms with Crippen molar-refractivity contribution in [2.75, 3.05) is 32.8 Å². The number of aryl methyl sites for hydroxylation is 2. The molecule has 0 radical (unpaired) electrons. The fraction of sp³-hybridized carbons (Fsp3) is 0.667. The predicted molar refractivity (Wildman–Crippen MR) is 101 cm³/mol. The SMILES string of the molecule is Cc1ccc(C)c(CC(=O)NCC2CCN(C3CCOCC3)CC2)c1. The molecule has 0 saturated carbocycles. The molecular weight excluding hydrogens is 312 g/mol. The molecule has 1 N–H and O–H groups in total. The standard InChI is InChI=1S/C21H32N2O2/c1-16-3-4-17(2)19(13-16)14-21(24)22-15-18-5-9-23(10-6-18)20-7-11-25-12-8-20/h3-4,13,18,20H,5-12,14-15H2,1-2H3,(H,22,24). The molecular formula is C21H32N2O2. The summed E-state index contributed by atoms with van der Waals surface area (Å²) in [6.07, 6.45) is 5.24. The molecule has 0 aromatic heterocycles. The summed E-state index contributed by atoms with van der Waals surface area (Å²) < 4.78 is 5.47. The van der Waals surface area contributed by atoms with Crippen LogP contribution in [-0.4, -0.2) is 49.7 Å². The predicted octanol–water partition coefficient (Wildman–Crippen LogP) is 2.85. The van der Waals surface area contributed by atoms with Crippen LogP contribution in [0.3, 0.4) is 0 Å². The first-order valence-electron chi connectivity index (χ1n) is 9.76. The number of ether oxygens (including phenoxy) is 1. The first kappa shape index (κ1) is 18.4. The third-order valence-corrected chi connectivity index (χ3v) is 5.80. The van der Waals surface area contributed by atoms with E-state index in [2.05, 4.69) is 42.3 Å². The van der Waals surface area contributed by atoms with E-state index in [-0.39, 0.29) is 5.91 Å². The van der Waals surface area contributed by atoms with E-state index in [4.69, 9.17) is 4.74 Å². The fourth-order valence-electron chi connectivity index (χ4n) is 4.06. The van der Waals surface area contributed by atoms with Crippen molar-refractivity contribution in [3.8, 4) is 0 Å². The Bertz CT molecular complexity index is 573. The Kier molecular flexibility index (Phi) is 6.49. The van der Waals surface area contributed by atoms with E-state index in [9.17, 15) is 4.79 Å². The summed E-state index contributed by atoms with van der Waals surface area (Å²) in [5.74, 6) is 0.777. The van der Waals surface area contributed by atoms with Crippen LogP contribution in [0.25, 0.3) is 0 Å². The number of likely N-dealkylation sites (tertiary alicyclic amines) is 1. The van der Waals surface area contributed by atoms with Gasteiger partial charge in [0, 0.05) is 25.8 Å². The van der Waals surface area contributed by atoms with Crippen LogP contribution in [0.4, 0.5) is 0 Å². The highest BCUT2D eigenvalue weighted by atomic mass is 16.5. The van der Waals surface area contributed by atoms with Gasteiger partial charge in [0.25, 0.3) is 0 Å². The van der Waals surface area contributed by atoms with Gasteiger partial charge in [-0.15, -0.1) is 0 Å². The third kappa shape index (κ3) is 5.29. The number of carbonyl (C=O) groups is 1. The highest BCUT2D eigenvalue weighted by Crippen LogP contribution is 2.22. The summed E-state index contributed by atoms with van der Waals surface area (Å²) in [7, 11) is 0. The van der Waals surface area contributed by atoms with Crippen LogP contribution >= 0.6 is 0 Å². The van der Waals surface area contributed by atoms with Crippen molar-refractivity contribution in [2.24, 2.45) is 5.92 Å². The minimum absolute atomic E-state index is 0.153. The van der Waals surface area contributed by atoms with Gasteiger partial charge in [0.05, 0.1) is 6.42 Å².